The summed E-state index contributed by atoms with van der Waals surface area (Å²) in [5.74, 6) is -0.724. The highest BCUT2D eigenvalue weighted by atomic mass is 79.9. The minimum absolute atomic E-state index is 0.125. The summed E-state index contributed by atoms with van der Waals surface area (Å²) in [5, 5.41) is 0. The molecule has 2 amide bonds. The second-order valence-electron chi connectivity index (χ2n) is 6.14. The van der Waals surface area contributed by atoms with Crippen molar-refractivity contribution in [3.05, 3.63) is 28.5 Å². The highest BCUT2D eigenvalue weighted by Gasteiger charge is 2.44. The van der Waals surface area contributed by atoms with Crippen molar-refractivity contribution >= 4 is 33.4 Å². The molecule has 1 aliphatic carbocycles. The monoisotopic (exact) mass is 353 g/mol. The summed E-state index contributed by atoms with van der Waals surface area (Å²) in [5.41, 5.74) is 0.323. The maximum atomic E-state index is 13.3. The van der Waals surface area contributed by atoms with E-state index in [-0.39, 0.29) is 21.7 Å². The SMILES string of the molecule is O=C1CC2(CCCCC2)CC(=O)N1c1ccc(F)c(Br)c1. The fourth-order valence-corrected chi connectivity index (χ4v) is 3.94. The van der Waals surface area contributed by atoms with Gasteiger partial charge in [0.05, 0.1) is 10.2 Å². The van der Waals surface area contributed by atoms with Crippen LogP contribution in [0.2, 0.25) is 0 Å². The van der Waals surface area contributed by atoms with Crippen molar-refractivity contribution in [3.8, 4) is 0 Å². The van der Waals surface area contributed by atoms with Crippen LogP contribution >= 0.6 is 15.9 Å². The molecule has 3 nitrogen and oxygen atoms in total. The lowest BCUT2D eigenvalue weighted by atomic mass is 9.67. The van der Waals surface area contributed by atoms with E-state index in [9.17, 15) is 14.0 Å². The van der Waals surface area contributed by atoms with E-state index < -0.39 is 5.82 Å². The summed E-state index contributed by atoms with van der Waals surface area (Å²) >= 11 is 3.10. The van der Waals surface area contributed by atoms with Crippen LogP contribution in [0.5, 0.6) is 0 Å². The van der Waals surface area contributed by atoms with E-state index in [1.165, 1.54) is 29.5 Å². The maximum absolute atomic E-state index is 13.3. The molecule has 0 radical (unpaired) electrons. The van der Waals surface area contributed by atoms with Crippen molar-refractivity contribution in [3.63, 3.8) is 0 Å². The van der Waals surface area contributed by atoms with Crippen molar-refractivity contribution in [1.29, 1.82) is 0 Å². The Morgan fingerprint density at radius 3 is 2.24 bits per heavy atom. The van der Waals surface area contributed by atoms with Crippen molar-refractivity contribution in [1.82, 2.24) is 0 Å². The molecule has 3 rings (SSSR count). The van der Waals surface area contributed by atoms with Crippen molar-refractivity contribution < 1.29 is 14.0 Å². The number of rotatable bonds is 1. The number of hydrogen-bond donors (Lipinski definition) is 0. The topological polar surface area (TPSA) is 37.4 Å². The van der Waals surface area contributed by atoms with E-state index in [0.29, 0.717) is 18.5 Å². The third kappa shape index (κ3) is 2.76. The summed E-state index contributed by atoms with van der Waals surface area (Å²) < 4.78 is 13.6. The van der Waals surface area contributed by atoms with Crippen LogP contribution in [0.3, 0.4) is 0 Å². The minimum atomic E-state index is -0.403. The Morgan fingerprint density at radius 1 is 1.05 bits per heavy atom. The number of amides is 2. The van der Waals surface area contributed by atoms with Gasteiger partial charge in [0.1, 0.15) is 5.82 Å². The first-order valence-electron chi connectivity index (χ1n) is 7.32. The van der Waals surface area contributed by atoms with Crippen LogP contribution < -0.4 is 4.90 Å². The summed E-state index contributed by atoms with van der Waals surface area (Å²) in [4.78, 5) is 26.2. The van der Waals surface area contributed by atoms with Gasteiger partial charge in [0.2, 0.25) is 11.8 Å². The van der Waals surface area contributed by atoms with Gasteiger partial charge in [0, 0.05) is 12.8 Å². The van der Waals surface area contributed by atoms with Gasteiger partial charge in [-0.05, 0) is 52.4 Å². The third-order valence-corrected chi connectivity index (χ3v) is 5.23. The molecular weight excluding hydrogens is 337 g/mol. The van der Waals surface area contributed by atoms with Gasteiger partial charge >= 0.3 is 0 Å². The second kappa shape index (κ2) is 5.52. The van der Waals surface area contributed by atoms with E-state index in [0.717, 1.165) is 25.7 Å². The van der Waals surface area contributed by atoms with Crippen LogP contribution in [0.15, 0.2) is 22.7 Å². The molecule has 0 bridgehead atoms. The lowest BCUT2D eigenvalue weighted by Gasteiger charge is -2.42. The van der Waals surface area contributed by atoms with Crippen molar-refractivity contribution in [2.75, 3.05) is 4.90 Å². The van der Waals surface area contributed by atoms with Gasteiger partial charge in [-0.25, -0.2) is 4.39 Å². The van der Waals surface area contributed by atoms with E-state index in [2.05, 4.69) is 15.9 Å². The number of imide groups is 1. The number of carbonyl (C=O) groups excluding carboxylic acids is 2. The molecule has 0 N–H and O–H groups in total. The van der Waals surface area contributed by atoms with Gasteiger partial charge in [0.25, 0.3) is 0 Å². The molecule has 0 aromatic heterocycles. The van der Waals surface area contributed by atoms with Crippen LogP contribution in [0.4, 0.5) is 10.1 Å². The summed E-state index contributed by atoms with van der Waals surface area (Å²) in [6, 6.07) is 4.24. The average molecular weight is 354 g/mol. The largest absolute Gasteiger partial charge is 0.274 e. The highest BCUT2D eigenvalue weighted by Crippen LogP contribution is 2.46. The number of hydrogen-bond acceptors (Lipinski definition) is 2. The normalized spacial score (nSPS) is 21.9. The van der Waals surface area contributed by atoms with Gasteiger partial charge < -0.3 is 0 Å². The predicted octanol–water partition coefficient (Wildman–Crippen LogP) is 4.19. The molecule has 0 unspecified atom stereocenters. The molecule has 112 valence electrons. The fourth-order valence-electron chi connectivity index (χ4n) is 3.57. The maximum Gasteiger partial charge on any atom is 0.234 e. The number of halogens is 2. The Morgan fingerprint density at radius 2 is 1.67 bits per heavy atom. The number of benzene rings is 1. The Hall–Kier alpha value is -1.23. The first-order valence-corrected chi connectivity index (χ1v) is 8.11. The van der Waals surface area contributed by atoms with E-state index >= 15 is 0 Å². The standard InChI is InChI=1S/C16H17BrFNO2/c17-12-8-11(4-5-13(12)18)19-14(20)9-16(10-15(19)21)6-2-1-3-7-16/h4-5,8H,1-3,6-7,9-10H2. The summed E-state index contributed by atoms with van der Waals surface area (Å²) in [7, 11) is 0. The fraction of sp³-hybridized carbons (Fsp3) is 0.500. The van der Waals surface area contributed by atoms with Gasteiger partial charge in [0.15, 0.2) is 0 Å². The molecule has 1 aromatic rings. The second-order valence-corrected chi connectivity index (χ2v) is 6.99. The summed E-state index contributed by atoms with van der Waals surface area (Å²) in [6.45, 7) is 0. The molecule has 1 saturated heterocycles. The quantitative estimate of drug-likeness (QED) is 0.709. The molecule has 1 aromatic carbocycles. The van der Waals surface area contributed by atoms with Gasteiger partial charge in [-0.15, -0.1) is 0 Å². The molecule has 5 heteroatoms. The van der Waals surface area contributed by atoms with E-state index in [1.807, 2.05) is 0 Å². The van der Waals surface area contributed by atoms with Crippen LogP contribution in [-0.4, -0.2) is 11.8 Å². The number of piperidine rings is 1. The Bertz CT molecular complexity index is 576. The molecule has 2 aliphatic rings. The van der Waals surface area contributed by atoms with Gasteiger partial charge in [-0.1, -0.05) is 19.3 Å². The molecule has 1 aliphatic heterocycles. The average Bonchev–Trinajstić information content (AvgIpc) is 2.42. The lowest BCUT2D eigenvalue weighted by molar-refractivity contribution is -0.134. The first-order chi connectivity index (χ1) is 10.0. The molecule has 1 saturated carbocycles. The van der Waals surface area contributed by atoms with Gasteiger partial charge in [-0.2, -0.15) is 0 Å². The van der Waals surface area contributed by atoms with E-state index in [4.69, 9.17) is 0 Å². The summed E-state index contributed by atoms with van der Waals surface area (Å²) in [6.07, 6.45) is 6.17. The molecule has 1 spiro atoms. The predicted molar refractivity (Wildman–Crippen MR) is 81.3 cm³/mol. The zero-order chi connectivity index (χ0) is 15.0. The van der Waals surface area contributed by atoms with Crippen molar-refractivity contribution in [2.24, 2.45) is 5.41 Å². The Kier molecular flexibility index (Phi) is 3.86. The molecule has 2 fully saturated rings. The van der Waals surface area contributed by atoms with Crippen LogP contribution in [0, 0.1) is 11.2 Å². The third-order valence-electron chi connectivity index (χ3n) is 4.63. The minimum Gasteiger partial charge on any atom is -0.274 e. The van der Waals surface area contributed by atoms with Crippen molar-refractivity contribution in [2.45, 2.75) is 44.9 Å². The zero-order valence-electron chi connectivity index (χ0n) is 11.7. The molecule has 0 atom stereocenters. The van der Waals surface area contributed by atoms with Crippen LogP contribution in [0.1, 0.15) is 44.9 Å². The van der Waals surface area contributed by atoms with Crippen LogP contribution in [-0.2, 0) is 9.59 Å². The lowest BCUT2D eigenvalue weighted by Crippen LogP contribution is -2.48. The Balaban J connectivity index is 1.86. The highest BCUT2D eigenvalue weighted by molar-refractivity contribution is 9.10. The van der Waals surface area contributed by atoms with E-state index in [1.54, 1.807) is 0 Å². The number of nitrogens with zero attached hydrogens (tertiary/aromatic N) is 1. The first kappa shape index (κ1) is 14.7. The molecule has 1 heterocycles. The molecule has 21 heavy (non-hydrogen) atoms. The smallest absolute Gasteiger partial charge is 0.234 e. The van der Waals surface area contributed by atoms with Gasteiger partial charge in [-0.3, -0.25) is 14.5 Å². The number of carbonyl (C=O) groups is 2. The number of anilines is 1. The Labute approximate surface area is 131 Å². The van der Waals surface area contributed by atoms with Crippen LogP contribution in [0.25, 0.3) is 0 Å². The zero-order valence-corrected chi connectivity index (χ0v) is 13.3. The molecular formula is C16H17BrFNO2.